The number of halogens is 3. The lowest BCUT2D eigenvalue weighted by molar-refractivity contribution is 0.519. The fourth-order valence-electron chi connectivity index (χ4n) is 2.15. The number of nitrogens with zero attached hydrogens (tertiary/aromatic N) is 1. The predicted molar refractivity (Wildman–Crippen MR) is 73.0 cm³/mol. The highest BCUT2D eigenvalue weighted by molar-refractivity contribution is 5.48. The van der Waals surface area contributed by atoms with Crippen LogP contribution in [0, 0.1) is 17.5 Å². The van der Waals surface area contributed by atoms with Gasteiger partial charge in [0.25, 0.3) is 0 Å². The molecular weight excluding hydrogens is 265 g/mol. The Morgan fingerprint density at radius 1 is 1.00 bits per heavy atom. The fourth-order valence-corrected chi connectivity index (χ4v) is 2.15. The highest BCUT2D eigenvalue weighted by atomic mass is 19.1. The van der Waals surface area contributed by atoms with E-state index in [9.17, 15) is 13.2 Å². The third kappa shape index (κ3) is 2.77. The SMILES string of the molecule is CN(c1ccc(F)cc1)C(CN)c1c(F)cccc1F. The first-order valence-corrected chi connectivity index (χ1v) is 6.17. The molecule has 2 aromatic carbocycles. The minimum Gasteiger partial charge on any atom is -0.366 e. The summed E-state index contributed by atoms with van der Waals surface area (Å²) in [7, 11) is 1.66. The monoisotopic (exact) mass is 280 g/mol. The van der Waals surface area contributed by atoms with Gasteiger partial charge in [-0.15, -0.1) is 0 Å². The largest absolute Gasteiger partial charge is 0.366 e. The van der Waals surface area contributed by atoms with Gasteiger partial charge in [-0.1, -0.05) is 6.07 Å². The van der Waals surface area contributed by atoms with Crippen molar-refractivity contribution in [2.75, 3.05) is 18.5 Å². The fraction of sp³-hybridized carbons (Fsp3) is 0.200. The van der Waals surface area contributed by atoms with Gasteiger partial charge >= 0.3 is 0 Å². The van der Waals surface area contributed by atoms with Gasteiger partial charge in [0.15, 0.2) is 0 Å². The van der Waals surface area contributed by atoms with E-state index in [1.165, 1.54) is 42.5 Å². The smallest absolute Gasteiger partial charge is 0.131 e. The van der Waals surface area contributed by atoms with Crippen LogP contribution in [0.3, 0.4) is 0 Å². The number of benzene rings is 2. The molecule has 0 aliphatic carbocycles. The van der Waals surface area contributed by atoms with Crippen molar-refractivity contribution in [2.24, 2.45) is 5.73 Å². The topological polar surface area (TPSA) is 29.3 Å². The zero-order valence-corrected chi connectivity index (χ0v) is 11.0. The van der Waals surface area contributed by atoms with E-state index < -0.39 is 17.7 Å². The summed E-state index contributed by atoms with van der Waals surface area (Å²) in [6.45, 7) is 0.0335. The standard InChI is InChI=1S/C15H15F3N2/c1-20(11-7-5-10(16)6-8-11)14(9-19)15-12(17)3-2-4-13(15)18/h2-8,14H,9,19H2,1H3. The summed E-state index contributed by atoms with van der Waals surface area (Å²) in [5.74, 6) is -1.66. The summed E-state index contributed by atoms with van der Waals surface area (Å²) in [6.07, 6.45) is 0. The summed E-state index contributed by atoms with van der Waals surface area (Å²) >= 11 is 0. The van der Waals surface area contributed by atoms with Crippen molar-refractivity contribution in [1.82, 2.24) is 0 Å². The van der Waals surface area contributed by atoms with Crippen LogP contribution < -0.4 is 10.6 Å². The third-order valence-corrected chi connectivity index (χ3v) is 3.26. The summed E-state index contributed by atoms with van der Waals surface area (Å²) in [5.41, 5.74) is 6.21. The Labute approximate surface area is 115 Å². The molecule has 0 heterocycles. The van der Waals surface area contributed by atoms with E-state index in [0.29, 0.717) is 5.69 Å². The minimum atomic E-state index is -0.665. The molecule has 2 nitrogen and oxygen atoms in total. The maximum atomic E-state index is 13.8. The quantitative estimate of drug-likeness (QED) is 0.931. The van der Waals surface area contributed by atoms with Crippen LogP contribution in [0.1, 0.15) is 11.6 Å². The van der Waals surface area contributed by atoms with E-state index in [4.69, 9.17) is 5.73 Å². The minimum absolute atomic E-state index is 0.0335. The first-order chi connectivity index (χ1) is 9.54. The molecule has 106 valence electrons. The second kappa shape index (κ2) is 5.96. The van der Waals surface area contributed by atoms with E-state index >= 15 is 0 Å². The summed E-state index contributed by atoms with van der Waals surface area (Å²) < 4.78 is 40.6. The van der Waals surface area contributed by atoms with Gasteiger partial charge in [-0.25, -0.2) is 13.2 Å². The molecule has 20 heavy (non-hydrogen) atoms. The molecule has 1 atom stereocenters. The second-order valence-corrected chi connectivity index (χ2v) is 4.47. The molecule has 0 bridgehead atoms. The van der Waals surface area contributed by atoms with Gasteiger partial charge < -0.3 is 10.6 Å². The van der Waals surface area contributed by atoms with Gasteiger partial charge in [-0.3, -0.25) is 0 Å². The lowest BCUT2D eigenvalue weighted by atomic mass is 10.0. The average Bonchev–Trinajstić information content (AvgIpc) is 2.43. The molecule has 0 saturated carbocycles. The third-order valence-electron chi connectivity index (χ3n) is 3.26. The van der Waals surface area contributed by atoms with E-state index in [1.807, 2.05) is 0 Å². The Morgan fingerprint density at radius 3 is 2.05 bits per heavy atom. The molecule has 0 aliphatic heterocycles. The van der Waals surface area contributed by atoms with Crippen molar-refractivity contribution in [2.45, 2.75) is 6.04 Å². The number of anilines is 1. The molecule has 0 aromatic heterocycles. The van der Waals surface area contributed by atoms with E-state index in [0.717, 1.165) is 0 Å². The molecule has 1 unspecified atom stereocenters. The number of rotatable bonds is 4. The van der Waals surface area contributed by atoms with Gasteiger partial charge in [0, 0.05) is 24.8 Å². The Morgan fingerprint density at radius 2 is 1.55 bits per heavy atom. The van der Waals surface area contributed by atoms with Crippen molar-refractivity contribution in [3.05, 3.63) is 65.5 Å². The molecule has 0 saturated heterocycles. The lowest BCUT2D eigenvalue weighted by Gasteiger charge is -2.30. The molecule has 2 N–H and O–H groups in total. The molecular formula is C15H15F3N2. The number of likely N-dealkylation sites (N-methyl/N-ethyl adjacent to an activating group) is 1. The Balaban J connectivity index is 2.39. The van der Waals surface area contributed by atoms with Crippen LogP contribution in [0.15, 0.2) is 42.5 Å². The van der Waals surface area contributed by atoms with Gasteiger partial charge in [0.1, 0.15) is 17.5 Å². The summed E-state index contributed by atoms with van der Waals surface area (Å²) in [4.78, 5) is 1.63. The van der Waals surface area contributed by atoms with E-state index in [-0.39, 0.29) is 17.9 Å². The van der Waals surface area contributed by atoms with Crippen molar-refractivity contribution in [1.29, 1.82) is 0 Å². The molecule has 0 aliphatic rings. The van der Waals surface area contributed by atoms with Crippen LogP contribution in [0.25, 0.3) is 0 Å². The van der Waals surface area contributed by atoms with Crippen LogP contribution in [0.2, 0.25) is 0 Å². The maximum absolute atomic E-state index is 13.8. The van der Waals surface area contributed by atoms with Crippen LogP contribution >= 0.6 is 0 Å². The van der Waals surface area contributed by atoms with Crippen LogP contribution in [-0.4, -0.2) is 13.6 Å². The molecule has 0 amide bonds. The van der Waals surface area contributed by atoms with Crippen LogP contribution in [-0.2, 0) is 0 Å². The van der Waals surface area contributed by atoms with Crippen molar-refractivity contribution in [3.63, 3.8) is 0 Å². The molecule has 2 aromatic rings. The Hall–Kier alpha value is -2.01. The molecule has 0 radical (unpaired) electrons. The Bertz CT molecular complexity index is 564. The summed E-state index contributed by atoms with van der Waals surface area (Å²) in [5, 5.41) is 0. The predicted octanol–water partition coefficient (Wildman–Crippen LogP) is 3.24. The molecule has 5 heteroatoms. The molecule has 2 rings (SSSR count). The Kier molecular flexibility index (Phi) is 4.29. The highest BCUT2D eigenvalue weighted by Gasteiger charge is 2.23. The van der Waals surface area contributed by atoms with Crippen molar-refractivity contribution in [3.8, 4) is 0 Å². The van der Waals surface area contributed by atoms with Gasteiger partial charge in [-0.2, -0.15) is 0 Å². The number of nitrogens with two attached hydrogens (primary N) is 1. The normalized spacial score (nSPS) is 12.2. The number of hydrogen-bond acceptors (Lipinski definition) is 2. The van der Waals surface area contributed by atoms with E-state index in [1.54, 1.807) is 11.9 Å². The first-order valence-electron chi connectivity index (χ1n) is 6.17. The van der Waals surface area contributed by atoms with Crippen molar-refractivity contribution >= 4 is 5.69 Å². The van der Waals surface area contributed by atoms with Crippen LogP contribution in [0.5, 0.6) is 0 Å². The highest BCUT2D eigenvalue weighted by Crippen LogP contribution is 2.28. The first kappa shape index (κ1) is 14.4. The van der Waals surface area contributed by atoms with Gasteiger partial charge in [0.2, 0.25) is 0 Å². The maximum Gasteiger partial charge on any atom is 0.131 e. The average molecular weight is 280 g/mol. The molecule has 0 spiro atoms. The van der Waals surface area contributed by atoms with Crippen LogP contribution in [0.4, 0.5) is 18.9 Å². The van der Waals surface area contributed by atoms with Crippen molar-refractivity contribution < 1.29 is 13.2 Å². The second-order valence-electron chi connectivity index (χ2n) is 4.47. The molecule has 0 fully saturated rings. The zero-order chi connectivity index (χ0) is 14.7. The van der Waals surface area contributed by atoms with Gasteiger partial charge in [-0.05, 0) is 36.4 Å². The van der Waals surface area contributed by atoms with E-state index in [2.05, 4.69) is 0 Å². The lowest BCUT2D eigenvalue weighted by Crippen LogP contribution is -2.32. The summed E-state index contributed by atoms with van der Waals surface area (Å²) in [6, 6.07) is 8.68. The number of hydrogen-bond donors (Lipinski definition) is 1. The van der Waals surface area contributed by atoms with Gasteiger partial charge in [0.05, 0.1) is 6.04 Å². The zero-order valence-electron chi connectivity index (χ0n) is 11.0.